The predicted octanol–water partition coefficient (Wildman–Crippen LogP) is -6.44. The molecular formula is C14H28O19P2. The molecule has 12 N–H and O–H groups in total. The van der Waals surface area contributed by atoms with Crippen LogP contribution in [0.1, 0.15) is 0 Å². The normalized spacial score (nSPS) is 40.9. The average molecular weight is 562 g/mol. The Balaban J connectivity index is 2.40. The molecular weight excluding hydrogens is 534 g/mol. The third-order valence-electron chi connectivity index (χ3n) is 5.10. The lowest BCUT2D eigenvalue weighted by Gasteiger charge is -2.48. The first kappa shape index (κ1) is 31.0. The fraction of sp³-hybridized carbons (Fsp3) is 1.00. The zero-order valence-electron chi connectivity index (χ0n) is 17.5. The van der Waals surface area contributed by atoms with Gasteiger partial charge in [-0.15, -0.1) is 0 Å². The Morgan fingerprint density at radius 1 is 0.686 bits per heavy atom. The van der Waals surface area contributed by atoms with E-state index in [4.69, 9.17) is 24.0 Å². The van der Waals surface area contributed by atoms with Gasteiger partial charge in [0.2, 0.25) is 0 Å². The molecule has 0 aromatic carbocycles. The minimum atomic E-state index is -5.43. The summed E-state index contributed by atoms with van der Waals surface area (Å²) in [4.78, 5) is 36.5. The average Bonchev–Trinajstić information content (AvgIpc) is 2.75. The van der Waals surface area contributed by atoms with Gasteiger partial charge in [-0.25, -0.2) is 9.13 Å². The number of rotatable bonds is 10. The lowest BCUT2D eigenvalue weighted by Crippen LogP contribution is -2.67. The Morgan fingerprint density at radius 2 is 1.14 bits per heavy atom. The number of ether oxygens (including phenoxy) is 3. The zero-order chi connectivity index (χ0) is 26.9. The van der Waals surface area contributed by atoms with Crippen molar-refractivity contribution in [1.82, 2.24) is 0 Å². The van der Waals surface area contributed by atoms with Crippen LogP contribution in [0.25, 0.3) is 0 Å². The highest BCUT2D eigenvalue weighted by Crippen LogP contribution is 2.44. The van der Waals surface area contributed by atoms with Crippen LogP contribution in [0.2, 0.25) is 0 Å². The molecule has 2 aliphatic heterocycles. The molecule has 0 aromatic rings. The molecule has 0 unspecified atom stereocenters. The Labute approximate surface area is 196 Å². The second-order valence-corrected chi connectivity index (χ2v) is 10.0. The van der Waals surface area contributed by atoms with Gasteiger partial charge in [0.25, 0.3) is 0 Å². The highest BCUT2D eigenvalue weighted by atomic mass is 31.2. The number of aliphatic hydroxyl groups is 8. The number of phosphoric ester groups is 2. The molecule has 21 heteroatoms. The molecule has 0 amide bonds. The first-order valence-corrected chi connectivity index (χ1v) is 12.8. The molecule has 0 aliphatic carbocycles. The summed E-state index contributed by atoms with van der Waals surface area (Å²) in [5, 5.41) is 79.2. The third kappa shape index (κ3) is 7.88. The number of phosphoric acid groups is 2. The van der Waals surface area contributed by atoms with Crippen molar-refractivity contribution in [3.63, 3.8) is 0 Å². The van der Waals surface area contributed by atoms with E-state index in [-0.39, 0.29) is 0 Å². The second-order valence-electron chi connectivity index (χ2n) is 7.65. The lowest BCUT2D eigenvalue weighted by molar-refractivity contribution is -0.361. The van der Waals surface area contributed by atoms with Gasteiger partial charge in [0, 0.05) is 0 Å². The largest absolute Gasteiger partial charge is 0.470 e. The van der Waals surface area contributed by atoms with E-state index in [0.29, 0.717) is 0 Å². The predicted molar refractivity (Wildman–Crippen MR) is 102 cm³/mol. The van der Waals surface area contributed by atoms with Crippen LogP contribution < -0.4 is 0 Å². The Morgan fingerprint density at radius 3 is 1.60 bits per heavy atom. The van der Waals surface area contributed by atoms with Gasteiger partial charge >= 0.3 is 15.6 Å². The highest BCUT2D eigenvalue weighted by molar-refractivity contribution is 7.46. The van der Waals surface area contributed by atoms with Crippen LogP contribution in [0.3, 0.4) is 0 Å². The standard InChI is InChI=1S/C14H28O19P2/c15-1-3(17)8-11(32-34(23,24)25)5(19)6(20)14(30-8)31-10-7(21)13(22)29-9(4(18)2-16)12(10)33-35(26,27)28/h3-22H,1-2H2,(H2,23,24,25)(H2,26,27,28)/t3-,4-,5+,6-,7-,8+,9+,10+,11-,12+,13-,14+/m0/s1. The summed E-state index contributed by atoms with van der Waals surface area (Å²) >= 11 is 0. The molecule has 19 nitrogen and oxygen atoms in total. The maximum absolute atomic E-state index is 11.5. The lowest BCUT2D eigenvalue weighted by atomic mass is 9.93. The van der Waals surface area contributed by atoms with Crippen molar-refractivity contribution in [2.45, 2.75) is 73.6 Å². The summed E-state index contributed by atoms with van der Waals surface area (Å²) in [7, 11) is -10.8. The Bertz CT molecular complexity index is 773. The Kier molecular flexibility index (Phi) is 10.7. The minimum absolute atomic E-state index is 1.07. The number of hydrogen-bond acceptors (Lipinski definition) is 15. The van der Waals surface area contributed by atoms with Gasteiger partial charge in [-0.3, -0.25) is 9.05 Å². The van der Waals surface area contributed by atoms with Crippen molar-refractivity contribution in [2.75, 3.05) is 13.2 Å². The first-order chi connectivity index (χ1) is 16.0. The molecule has 2 aliphatic rings. The number of hydrogen-bond donors (Lipinski definition) is 12. The minimum Gasteiger partial charge on any atom is -0.394 e. The topological polar surface area (TPSA) is 323 Å². The highest BCUT2D eigenvalue weighted by Gasteiger charge is 2.55. The fourth-order valence-electron chi connectivity index (χ4n) is 3.54. The summed E-state index contributed by atoms with van der Waals surface area (Å²) < 4.78 is 46.8. The molecule has 0 saturated carbocycles. The van der Waals surface area contributed by atoms with E-state index in [2.05, 4.69) is 9.05 Å². The molecule has 0 aromatic heterocycles. The third-order valence-corrected chi connectivity index (χ3v) is 6.13. The smallest absolute Gasteiger partial charge is 0.394 e. The van der Waals surface area contributed by atoms with E-state index in [1.807, 2.05) is 0 Å². The summed E-state index contributed by atoms with van der Waals surface area (Å²) in [5.41, 5.74) is 0. The van der Waals surface area contributed by atoms with Crippen molar-refractivity contribution in [3.8, 4) is 0 Å². The van der Waals surface area contributed by atoms with Crippen LogP contribution in [-0.2, 0) is 32.4 Å². The maximum atomic E-state index is 11.5. The Hall–Kier alpha value is -0.220. The molecule has 0 spiro atoms. The van der Waals surface area contributed by atoms with Gasteiger partial charge in [-0.1, -0.05) is 0 Å². The summed E-state index contributed by atoms with van der Waals surface area (Å²) in [5.74, 6) is 0. The first-order valence-electron chi connectivity index (χ1n) is 9.75. The van der Waals surface area contributed by atoms with Crippen molar-refractivity contribution >= 4 is 15.6 Å². The van der Waals surface area contributed by atoms with Gasteiger partial charge in [0.1, 0.15) is 61.0 Å². The van der Waals surface area contributed by atoms with Crippen molar-refractivity contribution in [3.05, 3.63) is 0 Å². The van der Waals surface area contributed by atoms with Crippen LogP contribution in [0.15, 0.2) is 0 Å². The molecule has 208 valence electrons. The van der Waals surface area contributed by atoms with E-state index >= 15 is 0 Å². The van der Waals surface area contributed by atoms with Crippen molar-refractivity contribution in [1.29, 1.82) is 0 Å². The van der Waals surface area contributed by atoms with E-state index in [9.17, 15) is 59.8 Å². The van der Waals surface area contributed by atoms with Crippen LogP contribution in [-0.4, -0.2) is 147 Å². The zero-order valence-corrected chi connectivity index (χ0v) is 19.2. The van der Waals surface area contributed by atoms with Gasteiger partial charge in [-0.05, 0) is 0 Å². The van der Waals surface area contributed by atoms with E-state index < -0.39 is 102 Å². The molecule has 2 rings (SSSR count). The van der Waals surface area contributed by atoms with Crippen molar-refractivity contribution < 1.29 is 92.8 Å². The SMILES string of the molecule is O=P(O)(O)O[C@H]1[C@H](O[C@H]2O[C@H]([C@@H](O)CO)[C@@H](OP(=O)(O)O)[C@H](O)[C@@H]2O)[C@H](O)[C@@H](O)O[C@@H]1[C@@H](O)CO. The van der Waals surface area contributed by atoms with Gasteiger partial charge in [-0.2, -0.15) is 0 Å². The monoisotopic (exact) mass is 562 g/mol. The van der Waals surface area contributed by atoms with Gasteiger partial charge in [0.15, 0.2) is 12.6 Å². The van der Waals surface area contributed by atoms with Crippen LogP contribution in [0.5, 0.6) is 0 Å². The molecule has 35 heavy (non-hydrogen) atoms. The van der Waals surface area contributed by atoms with Crippen molar-refractivity contribution in [2.24, 2.45) is 0 Å². The number of aliphatic hydroxyl groups excluding tert-OH is 8. The van der Waals surface area contributed by atoms with E-state index in [1.54, 1.807) is 0 Å². The molecule has 2 heterocycles. The quantitative estimate of drug-likeness (QED) is 0.110. The van der Waals surface area contributed by atoms with E-state index in [1.165, 1.54) is 0 Å². The summed E-state index contributed by atoms with van der Waals surface area (Å²) in [6.45, 7) is -2.18. The molecule has 0 radical (unpaired) electrons. The molecule has 0 bridgehead atoms. The second kappa shape index (κ2) is 12.1. The fourth-order valence-corrected chi connectivity index (χ4v) is 4.66. The molecule has 2 fully saturated rings. The molecule has 12 atom stereocenters. The molecule has 2 saturated heterocycles. The maximum Gasteiger partial charge on any atom is 0.470 e. The van der Waals surface area contributed by atoms with Gasteiger partial charge in [0.05, 0.1) is 13.2 Å². The van der Waals surface area contributed by atoms with E-state index in [0.717, 1.165) is 0 Å². The van der Waals surface area contributed by atoms with Crippen LogP contribution in [0.4, 0.5) is 0 Å². The van der Waals surface area contributed by atoms with Gasteiger partial charge < -0.3 is 74.6 Å². The summed E-state index contributed by atoms with van der Waals surface area (Å²) in [6, 6.07) is 0. The van der Waals surface area contributed by atoms with Crippen LogP contribution >= 0.6 is 15.6 Å². The summed E-state index contributed by atoms with van der Waals surface area (Å²) in [6.07, 6.45) is -25.5. The van der Waals surface area contributed by atoms with Crippen LogP contribution in [0, 0.1) is 0 Å².